The number of aromatic hydroxyl groups is 1. The molecule has 1 N–H and O–H groups in total. The van der Waals surface area contributed by atoms with Crippen LogP contribution in [-0.2, 0) is 6.54 Å². The summed E-state index contributed by atoms with van der Waals surface area (Å²) in [6.45, 7) is 6.19. The van der Waals surface area contributed by atoms with Gasteiger partial charge in [0, 0.05) is 18.1 Å². The Balaban J connectivity index is 1.82. The number of rotatable bonds is 5. The molecule has 6 nitrogen and oxygen atoms in total. The molecule has 6 heteroatoms. The summed E-state index contributed by atoms with van der Waals surface area (Å²) in [5, 5.41) is 10.9. The molecular weight excluding hydrogens is 366 g/mol. The topological polar surface area (TPSA) is 71.5 Å². The Kier molecular flexibility index (Phi) is 5.53. The second-order valence-electron chi connectivity index (χ2n) is 7.96. The lowest BCUT2D eigenvalue weighted by atomic mass is 9.92. The average Bonchev–Trinajstić information content (AvgIpc) is 3.23. The number of hydrogen-bond acceptors (Lipinski definition) is 5. The van der Waals surface area contributed by atoms with Crippen molar-refractivity contribution in [3.05, 3.63) is 81.9 Å². The van der Waals surface area contributed by atoms with E-state index in [0.717, 1.165) is 31.5 Å². The molecule has 0 saturated carbocycles. The van der Waals surface area contributed by atoms with Crippen LogP contribution in [0.25, 0.3) is 0 Å². The monoisotopic (exact) mass is 393 g/mol. The van der Waals surface area contributed by atoms with E-state index in [1.54, 1.807) is 29.3 Å². The molecule has 1 fully saturated rings. The van der Waals surface area contributed by atoms with Gasteiger partial charge in [0.1, 0.15) is 11.5 Å². The van der Waals surface area contributed by atoms with E-state index in [4.69, 9.17) is 4.42 Å². The van der Waals surface area contributed by atoms with Crippen LogP contribution in [0.3, 0.4) is 0 Å². The van der Waals surface area contributed by atoms with Crippen LogP contribution in [0.1, 0.15) is 48.4 Å². The highest BCUT2D eigenvalue weighted by Gasteiger charge is 2.31. The van der Waals surface area contributed by atoms with Crippen molar-refractivity contribution in [1.29, 1.82) is 0 Å². The molecule has 4 rings (SSSR count). The van der Waals surface area contributed by atoms with Crippen molar-refractivity contribution in [3.8, 4) is 5.75 Å². The molecule has 3 aromatic rings. The van der Waals surface area contributed by atoms with Gasteiger partial charge in [0.15, 0.2) is 0 Å². The molecule has 0 aliphatic carbocycles. The van der Waals surface area contributed by atoms with Crippen molar-refractivity contribution in [2.24, 2.45) is 5.92 Å². The molecule has 152 valence electrons. The van der Waals surface area contributed by atoms with E-state index in [9.17, 15) is 9.90 Å². The summed E-state index contributed by atoms with van der Waals surface area (Å²) >= 11 is 0. The van der Waals surface area contributed by atoms with Gasteiger partial charge in [0.2, 0.25) is 0 Å². The minimum Gasteiger partial charge on any atom is -0.507 e. The highest BCUT2D eigenvalue weighted by Crippen LogP contribution is 2.34. The Morgan fingerprint density at radius 1 is 1.28 bits per heavy atom. The van der Waals surface area contributed by atoms with Crippen molar-refractivity contribution < 1.29 is 9.52 Å². The second-order valence-corrected chi connectivity index (χ2v) is 7.96. The molecule has 3 aromatic heterocycles. The summed E-state index contributed by atoms with van der Waals surface area (Å²) in [6, 6.07) is 8.86. The SMILES string of the molecule is Cc1cc(O)c([C@@H](c2cccnc2)N2CCC(C)CC2)c(=O)n1Cc1ccco1. The Bertz CT molecular complexity index is 1000. The van der Waals surface area contributed by atoms with Crippen LogP contribution in [0.5, 0.6) is 5.75 Å². The van der Waals surface area contributed by atoms with E-state index >= 15 is 0 Å². The van der Waals surface area contributed by atoms with Crippen LogP contribution >= 0.6 is 0 Å². The predicted octanol–water partition coefficient (Wildman–Crippen LogP) is 3.72. The number of pyridine rings is 2. The number of likely N-dealkylation sites (tertiary alicyclic amines) is 1. The highest BCUT2D eigenvalue weighted by atomic mass is 16.3. The third-order valence-corrected chi connectivity index (χ3v) is 5.87. The van der Waals surface area contributed by atoms with E-state index in [0.29, 0.717) is 29.5 Å². The first kappa shape index (κ1) is 19.5. The van der Waals surface area contributed by atoms with E-state index in [-0.39, 0.29) is 17.4 Å². The van der Waals surface area contributed by atoms with Gasteiger partial charge in [0.25, 0.3) is 5.56 Å². The predicted molar refractivity (Wildman–Crippen MR) is 111 cm³/mol. The number of aryl methyl sites for hydroxylation is 1. The van der Waals surface area contributed by atoms with Gasteiger partial charge in [-0.15, -0.1) is 0 Å². The van der Waals surface area contributed by atoms with Crippen molar-refractivity contribution in [3.63, 3.8) is 0 Å². The number of furan rings is 1. The third-order valence-electron chi connectivity index (χ3n) is 5.87. The fraction of sp³-hybridized carbons (Fsp3) is 0.391. The summed E-state index contributed by atoms with van der Waals surface area (Å²) in [6.07, 6.45) is 7.26. The molecule has 0 bridgehead atoms. The standard InChI is InChI=1S/C23H27N3O3/c1-16-7-10-25(11-8-16)22(18-5-3-9-24-14-18)21-20(27)13-17(2)26(23(21)28)15-19-6-4-12-29-19/h3-6,9,12-14,16,22,27H,7-8,10-11,15H2,1-2H3/t22-/m1/s1. The van der Waals surface area contributed by atoms with Gasteiger partial charge in [0.05, 0.1) is 24.4 Å². The molecule has 0 unspecified atom stereocenters. The third kappa shape index (κ3) is 3.98. The first-order chi connectivity index (χ1) is 14.0. The lowest BCUT2D eigenvalue weighted by Crippen LogP contribution is -2.40. The number of hydrogen-bond donors (Lipinski definition) is 1. The number of piperidine rings is 1. The van der Waals surface area contributed by atoms with Crippen LogP contribution in [0.4, 0.5) is 0 Å². The molecule has 4 heterocycles. The van der Waals surface area contributed by atoms with E-state index in [1.807, 2.05) is 31.2 Å². The first-order valence-electron chi connectivity index (χ1n) is 10.1. The highest BCUT2D eigenvalue weighted by molar-refractivity contribution is 5.40. The van der Waals surface area contributed by atoms with Gasteiger partial charge in [-0.3, -0.25) is 14.7 Å². The van der Waals surface area contributed by atoms with Gasteiger partial charge in [-0.2, -0.15) is 0 Å². The molecule has 1 aliphatic rings. The molecule has 1 aliphatic heterocycles. The summed E-state index contributed by atoms with van der Waals surface area (Å²) < 4.78 is 7.12. The maximum absolute atomic E-state index is 13.6. The zero-order valence-corrected chi connectivity index (χ0v) is 16.9. The van der Waals surface area contributed by atoms with Gasteiger partial charge in [-0.05, 0) is 68.6 Å². The number of aromatic nitrogens is 2. The summed E-state index contributed by atoms with van der Waals surface area (Å²) in [4.78, 5) is 20.1. The summed E-state index contributed by atoms with van der Waals surface area (Å²) in [7, 11) is 0. The van der Waals surface area contributed by atoms with Crippen molar-refractivity contribution in [1.82, 2.24) is 14.5 Å². The smallest absolute Gasteiger partial charge is 0.260 e. The Morgan fingerprint density at radius 2 is 2.07 bits per heavy atom. The molecule has 0 amide bonds. The molecule has 29 heavy (non-hydrogen) atoms. The lowest BCUT2D eigenvalue weighted by molar-refractivity contribution is 0.154. The van der Waals surface area contributed by atoms with E-state index in [2.05, 4.69) is 16.8 Å². The quantitative estimate of drug-likeness (QED) is 0.715. The molecule has 0 aromatic carbocycles. The summed E-state index contributed by atoms with van der Waals surface area (Å²) in [5.74, 6) is 1.41. The minimum atomic E-state index is -0.327. The molecule has 1 saturated heterocycles. The number of nitrogens with zero attached hydrogens (tertiary/aromatic N) is 3. The zero-order chi connectivity index (χ0) is 20.4. The van der Waals surface area contributed by atoms with Crippen LogP contribution in [0.15, 0.2) is 58.2 Å². The van der Waals surface area contributed by atoms with E-state index < -0.39 is 0 Å². The van der Waals surface area contributed by atoms with Crippen LogP contribution in [0.2, 0.25) is 0 Å². The fourth-order valence-electron chi connectivity index (χ4n) is 4.17. The van der Waals surface area contributed by atoms with Gasteiger partial charge in [-0.25, -0.2) is 0 Å². The molecule has 0 spiro atoms. The van der Waals surface area contributed by atoms with Crippen molar-refractivity contribution in [2.75, 3.05) is 13.1 Å². The van der Waals surface area contributed by atoms with Crippen LogP contribution < -0.4 is 5.56 Å². The summed E-state index contributed by atoms with van der Waals surface area (Å²) in [5.41, 5.74) is 1.84. The largest absolute Gasteiger partial charge is 0.507 e. The van der Waals surface area contributed by atoms with Crippen LogP contribution in [-0.4, -0.2) is 32.6 Å². The van der Waals surface area contributed by atoms with Gasteiger partial charge < -0.3 is 14.1 Å². The van der Waals surface area contributed by atoms with Crippen molar-refractivity contribution >= 4 is 0 Å². The lowest BCUT2D eigenvalue weighted by Gasteiger charge is -2.37. The Morgan fingerprint density at radius 3 is 2.72 bits per heavy atom. The fourth-order valence-corrected chi connectivity index (χ4v) is 4.17. The molecular formula is C23H27N3O3. The Labute approximate surface area is 170 Å². The normalized spacial score (nSPS) is 16.8. The van der Waals surface area contributed by atoms with Crippen molar-refractivity contribution in [2.45, 2.75) is 39.3 Å². The average molecular weight is 393 g/mol. The molecule has 1 atom stereocenters. The maximum Gasteiger partial charge on any atom is 0.260 e. The van der Waals surface area contributed by atoms with Crippen LogP contribution in [0, 0.1) is 12.8 Å². The second kappa shape index (κ2) is 8.25. The minimum absolute atomic E-state index is 0.0377. The first-order valence-corrected chi connectivity index (χ1v) is 10.1. The maximum atomic E-state index is 13.6. The van der Waals surface area contributed by atoms with Gasteiger partial charge >= 0.3 is 0 Å². The Hall–Kier alpha value is -2.86. The zero-order valence-electron chi connectivity index (χ0n) is 16.9. The van der Waals surface area contributed by atoms with E-state index in [1.165, 1.54) is 0 Å². The van der Waals surface area contributed by atoms with Gasteiger partial charge in [-0.1, -0.05) is 13.0 Å². The molecule has 0 radical (unpaired) electrons.